The molecule has 2 N–H and O–H groups in total. The van der Waals surface area contributed by atoms with Crippen LogP contribution < -0.4 is 20.1 Å². The number of hydrogen-bond donors (Lipinski definition) is 2. The first-order valence-electron chi connectivity index (χ1n) is 10.3. The van der Waals surface area contributed by atoms with Gasteiger partial charge >= 0.3 is 0 Å². The number of carbonyl (C=O) groups is 2. The van der Waals surface area contributed by atoms with Crippen molar-refractivity contribution in [2.45, 2.75) is 24.3 Å². The van der Waals surface area contributed by atoms with Crippen molar-refractivity contribution in [2.24, 2.45) is 5.92 Å². The van der Waals surface area contributed by atoms with Gasteiger partial charge in [0.2, 0.25) is 15.9 Å². The van der Waals surface area contributed by atoms with Crippen molar-refractivity contribution in [3.05, 3.63) is 48.0 Å². The highest BCUT2D eigenvalue weighted by Crippen LogP contribution is 2.32. The molecule has 0 spiro atoms. The van der Waals surface area contributed by atoms with Gasteiger partial charge in [0.25, 0.3) is 5.91 Å². The largest absolute Gasteiger partial charge is 0.497 e. The second-order valence-corrected chi connectivity index (χ2v) is 9.70. The van der Waals surface area contributed by atoms with E-state index < -0.39 is 15.9 Å². The molecule has 0 aliphatic carbocycles. The van der Waals surface area contributed by atoms with Gasteiger partial charge in [-0.25, -0.2) is 8.42 Å². The van der Waals surface area contributed by atoms with E-state index in [9.17, 15) is 18.0 Å². The molecule has 2 amide bonds. The Hall–Kier alpha value is -3.11. The van der Waals surface area contributed by atoms with E-state index in [4.69, 9.17) is 9.47 Å². The van der Waals surface area contributed by atoms with Gasteiger partial charge in [-0.1, -0.05) is 12.1 Å². The topological polar surface area (TPSA) is 114 Å². The molecule has 1 atom stereocenters. The molecular formula is C22H25N3O6S. The molecule has 2 aliphatic heterocycles. The summed E-state index contributed by atoms with van der Waals surface area (Å²) in [5, 5.41) is 5.52. The highest BCUT2D eigenvalue weighted by Gasteiger charge is 2.34. The van der Waals surface area contributed by atoms with E-state index in [2.05, 4.69) is 10.6 Å². The van der Waals surface area contributed by atoms with Gasteiger partial charge in [-0.15, -0.1) is 0 Å². The molecule has 0 saturated carbocycles. The van der Waals surface area contributed by atoms with Crippen molar-refractivity contribution in [3.63, 3.8) is 0 Å². The number of piperidine rings is 1. The molecule has 0 aromatic heterocycles. The van der Waals surface area contributed by atoms with E-state index in [-0.39, 0.29) is 29.9 Å². The van der Waals surface area contributed by atoms with Crippen LogP contribution in [0.1, 0.15) is 18.4 Å². The molecular weight excluding hydrogens is 434 g/mol. The Labute approximate surface area is 186 Å². The maximum absolute atomic E-state index is 13.2. The zero-order chi connectivity index (χ0) is 22.7. The van der Waals surface area contributed by atoms with Gasteiger partial charge in [-0.3, -0.25) is 9.59 Å². The van der Waals surface area contributed by atoms with Gasteiger partial charge in [0.05, 0.1) is 23.6 Å². The zero-order valence-electron chi connectivity index (χ0n) is 17.7. The minimum absolute atomic E-state index is 0.0568. The van der Waals surface area contributed by atoms with E-state index in [0.29, 0.717) is 37.4 Å². The molecule has 0 bridgehead atoms. The number of nitrogens with zero attached hydrogens (tertiary/aromatic N) is 1. The van der Waals surface area contributed by atoms with Gasteiger partial charge in [-0.2, -0.15) is 4.31 Å². The highest BCUT2D eigenvalue weighted by atomic mass is 32.2. The predicted octanol–water partition coefficient (Wildman–Crippen LogP) is 1.74. The fourth-order valence-electron chi connectivity index (χ4n) is 3.82. The quantitative estimate of drug-likeness (QED) is 0.680. The maximum atomic E-state index is 13.2. The molecule has 2 heterocycles. The van der Waals surface area contributed by atoms with Crippen molar-refractivity contribution in [2.75, 3.05) is 32.1 Å². The second kappa shape index (κ2) is 9.17. The van der Waals surface area contributed by atoms with Gasteiger partial charge in [0.15, 0.2) is 6.61 Å². The van der Waals surface area contributed by atoms with Crippen molar-refractivity contribution < 1.29 is 27.5 Å². The van der Waals surface area contributed by atoms with Crippen molar-refractivity contribution in [3.8, 4) is 11.5 Å². The van der Waals surface area contributed by atoms with Crippen molar-refractivity contribution >= 4 is 27.5 Å². The summed E-state index contributed by atoms with van der Waals surface area (Å²) in [5.74, 6) is 0.224. The van der Waals surface area contributed by atoms with Gasteiger partial charge in [-0.05, 0) is 48.7 Å². The van der Waals surface area contributed by atoms with Gasteiger partial charge < -0.3 is 20.1 Å². The average molecular weight is 460 g/mol. The number of sulfonamides is 1. The lowest BCUT2D eigenvalue weighted by Crippen LogP contribution is -2.45. The molecule has 170 valence electrons. The minimum atomic E-state index is -3.82. The smallest absolute Gasteiger partial charge is 0.262 e. The van der Waals surface area contributed by atoms with E-state index in [1.165, 1.54) is 22.5 Å². The lowest BCUT2D eigenvalue weighted by molar-refractivity contribution is -0.126. The zero-order valence-corrected chi connectivity index (χ0v) is 18.5. The second-order valence-electron chi connectivity index (χ2n) is 7.76. The number of rotatable bonds is 6. The normalized spacial score (nSPS) is 18.8. The van der Waals surface area contributed by atoms with Crippen molar-refractivity contribution in [1.29, 1.82) is 0 Å². The van der Waals surface area contributed by atoms with Crippen molar-refractivity contribution in [1.82, 2.24) is 9.62 Å². The van der Waals surface area contributed by atoms with E-state index in [0.717, 1.165) is 11.3 Å². The van der Waals surface area contributed by atoms with E-state index >= 15 is 0 Å². The number of fused-ring (bicyclic) bond motifs is 1. The number of methoxy groups -OCH3 is 1. The summed E-state index contributed by atoms with van der Waals surface area (Å²) in [6, 6.07) is 11.8. The van der Waals surface area contributed by atoms with Crippen LogP contribution in [0.4, 0.5) is 5.69 Å². The van der Waals surface area contributed by atoms with Crippen LogP contribution in [0.25, 0.3) is 0 Å². The van der Waals surface area contributed by atoms with Crippen LogP contribution >= 0.6 is 0 Å². The lowest BCUT2D eigenvalue weighted by atomic mass is 9.99. The summed E-state index contributed by atoms with van der Waals surface area (Å²) in [7, 11) is -2.23. The fourth-order valence-corrected chi connectivity index (χ4v) is 5.37. The highest BCUT2D eigenvalue weighted by molar-refractivity contribution is 7.89. The summed E-state index contributed by atoms with van der Waals surface area (Å²) in [6.45, 7) is 0.705. The summed E-state index contributed by atoms with van der Waals surface area (Å²) in [6.07, 6.45) is 1.21. The maximum Gasteiger partial charge on any atom is 0.262 e. The Morgan fingerprint density at radius 1 is 1.25 bits per heavy atom. The first kappa shape index (κ1) is 22.1. The number of anilines is 1. The number of hydrogen-bond acceptors (Lipinski definition) is 6. The van der Waals surface area contributed by atoms with E-state index in [1.807, 2.05) is 24.3 Å². The Balaban J connectivity index is 1.41. The monoisotopic (exact) mass is 459 g/mol. The van der Waals surface area contributed by atoms with Gasteiger partial charge in [0, 0.05) is 19.6 Å². The van der Waals surface area contributed by atoms with Crippen LogP contribution in [0, 0.1) is 5.92 Å². The van der Waals surface area contributed by atoms with Crippen LogP contribution in [-0.2, 0) is 26.2 Å². The van der Waals surface area contributed by atoms with Crippen LogP contribution in [0.5, 0.6) is 11.5 Å². The molecule has 1 saturated heterocycles. The number of benzene rings is 2. The molecule has 0 radical (unpaired) electrons. The molecule has 2 aliphatic rings. The van der Waals surface area contributed by atoms with Crippen LogP contribution in [0.3, 0.4) is 0 Å². The fraction of sp³-hybridized carbons (Fsp3) is 0.364. The molecule has 2 aromatic rings. The summed E-state index contributed by atoms with van der Waals surface area (Å²) in [4.78, 5) is 24.3. The minimum Gasteiger partial charge on any atom is -0.497 e. The number of amides is 2. The third-order valence-corrected chi connectivity index (χ3v) is 7.46. The van der Waals surface area contributed by atoms with Gasteiger partial charge in [0.1, 0.15) is 11.5 Å². The van der Waals surface area contributed by atoms with Crippen LogP contribution in [-0.4, -0.2) is 51.3 Å². The average Bonchev–Trinajstić information content (AvgIpc) is 2.82. The molecule has 4 rings (SSSR count). The molecule has 2 aromatic carbocycles. The number of ether oxygens (including phenoxy) is 2. The summed E-state index contributed by atoms with van der Waals surface area (Å²) in [5.41, 5.74) is 1.26. The third kappa shape index (κ3) is 4.71. The first-order valence-corrected chi connectivity index (χ1v) is 11.8. The van der Waals surface area contributed by atoms with Crippen LogP contribution in [0.2, 0.25) is 0 Å². The Bertz CT molecular complexity index is 1120. The lowest BCUT2D eigenvalue weighted by Gasteiger charge is -2.31. The van der Waals surface area contributed by atoms with E-state index in [1.54, 1.807) is 7.11 Å². The molecule has 10 heteroatoms. The Kier molecular flexibility index (Phi) is 6.33. The standard InChI is InChI=1S/C22H25N3O6S/c1-30-17-6-4-15(5-7-17)12-23-22(27)16-3-2-10-25(13-16)32(28,29)18-8-9-20-19(11-18)24-21(26)14-31-20/h4-9,11,16H,2-3,10,12-14H2,1H3,(H,23,27)(H,24,26)/t16-/m1/s1. The number of carbonyl (C=O) groups excluding carboxylic acids is 2. The SMILES string of the molecule is COc1ccc(CNC(=O)[C@@H]2CCCN(S(=O)(=O)c3ccc4c(c3)NC(=O)CO4)C2)cc1. The predicted molar refractivity (Wildman–Crippen MR) is 117 cm³/mol. The molecule has 1 fully saturated rings. The molecule has 0 unspecified atom stereocenters. The Morgan fingerprint density at radius 2 is 2.03 bits per heavy atom. The number of nitrogens with one attached hydrogen (secondary N) is 2. The summed E-state index contributed by atoms with van der Waals surface area (Å²) < 4.78 is 38.1. The van der Waals surface area contributed by atoms with Crippen LogP contribution in [0.15, 0.2) is 47.4 Å². The first-order chi connectivity index (χ1) is 15.4. The third-order valence-electron chi connectivity index (χ3n) is 5.60. The molecule has 32 heavy (non-hydrogen) atoms. The molecule has 9 nitrogen and oxygen atoms in total. The Morgan fingerprint density at radius 3 is 2.78 bits per heavy atom. The summed E-state index contributed by atoms with van der Waals surface area (Å²) >= 11 is 0.